The van der Waals surface area contributed by atoms with Gasteiger partial charge in [-0.05, 0) is 38.3 Å². The number of carbonyl (C=O) groups is 1. The van der Waals surface area contributed by atoms with Gasteiger partial charge in [-0.2, -0.15) is 5.10 Å². The van der Waals surface area contributed by atoms with E-state index in [1.165, 1.54) is 6.42 Å². The molecule has 0 radical (unpaired) electrons. The van der Waals surface area contributed by atoms with Gasteiger partial charge in [-0.1, -0.05) is 6.42 Å². The number of nitrogens with one attached hydrogen (secondary N) is 1. The topological polar surface area (TPSA) is 71.4 Å². The fourth-order valence-electron chi connectivity index (χ4n) is 4.26. The zero-order chi connectivity index (χ0) is 16.7. The highest BCUT2D eigenvalue weighted by Crippen LogP contribution is 2.59. The maximum absolute atomic E-state index is 12.8. The number of rotatable bonds is 5. The second kappa shape index (κ2) is 5.77. The van der Waals surface area contributed by atoms with Crippen molar-refractivity contribution in [3.63, 3.8) is 0 Å². The maximum Gasteiger partial charge on any atom is 0.274 e. The Morgan fingerprint density at radius 1 is 1.54 bits per heavy atom. The number of nitrogens with zero attached hydrogens (tertiary/aromatic N) is 2. The zero-order valence-electron chi connectivity index (χ0n) is 14.1. The first-order valence-corrected chi connectivity index (χ1v) is 8.64. The summed E-state index contributed by atoms with van der Waals surface area (Å²) >= 11 is 0. The summed E-state index contributed by atoms with van der Waals surface area (Å²) in [6.07, 6.45) is 6.36. The molecular weight excluding hydrogens is 306 g/mol. The van der Waals surface area contributed by atoms with Crippen molar-refractivity contribution in [1.29, 1.82) is 0 Å². The molecule has 1 amide bonds. The van der Waals surface area contributed by atoms with Gasteiger partial charge in [0.25, 0.3) is 5.91 Å². The molecule has 2 fully saturated rings. The Bertz CT molecular complexity index is 718. The molecule has 2 aromatic heterocycles. The predicted molar refractivity (Wildman–Crippen MR) is 88.5 cm³/mol. The van der Waals surface area contributed by atoms with E-state index in [1.54, 1.807) is 12.3 Å². The van der Waals surface area contributed by atoms with Crippen molar-refractivity contribution in [3.8, 4) is 11.5 Å². The minimum absolute atomic E-state index is 0.0460. The average Bonchev–Trinajstić information content (AvgIpc) is 3.18. The molecule has 2 aromatic rings. The highest BCUT2D eigenvalue weighted by atomic mass is 16.5. The van der Waals surface area contributed by atoms with Crippen LogP contribution in [0.3, 0.4) is 0 Å². The minimum Gasteiger partial charge on any atom is -0.463 e. The van der Waals surface area contributed by atoms with Gasteiger partial charge in [0.1, 0.15) is 5.69 Å². The van der Waals surface area contributed by atoms with E-state index in [2.05, 4.69) is 10.2 Å². The second-order valence-electron chi connectivity index (χ2n) is 6.84. The molecule has 1 spiro atoms. The molecule has 0 saturated heterocycles. The molecule has 0 aromatic carbocycles. The molecule has 2 aliphatic rings. The molecular formula is C18H23N3O3. The van der Waals surface area contributed by atoms with Crippen molar-refractivity contribution in [2.45, 2.75) is 44.8 Å². The fourth-order valence-corrected chi connectivity index (χ4v) is 4.26. The molecule has 4 rings (SSSR count). The van der Waals surface area contributed by atoms with Crippen LogP contribution in [0, 0.1) is 5.41 Å². The lowest BCUT2D eigenvalue weighted by atomic mass is 9.50. The van der Waals surface area contributed by atoms with Crippen LogP contribution in [-0.4, -0.2) is 46.8 Å². The third-order valence-corrected chi connectivity index (χ3v) is 5.77. The average molecular weight is 329 g/mol. The van der Waals surface area contributed by atoms with Crippen molar-refractivity contribution < 1.29 is 13.9 Å². The quantitative estimate of drug-likeness (QED) is 0.915. The Kier molecular flexibility index (Phi) is 3.72. The van der Waals surface area contributed by atoms with Gasteiger partial charge in [0.05, 0.1) is 12.4 Å². The van der Waals surface area contributed by atoms with Crippen molar-refractivity contribution in [3.05, 3.63) is 30.2 Å². The van der Waals surface area contributed by atoms with E-state index in [-0.39, 0.29) is 17.4 Å². The van der Waals surface area contributed by atoms with Crippen LogP contribution in [0.2, 0.25) is 0 Å². The molecule has 0 bridgehead atoms. The van der Waals surface area contributed by atoms with Crippen LogP contribution >= 0.6 is 0 Å². The SMILES string of the molecule is CCOC1CC(N(C)C(=O)c2cc(-c3ccco3)[nH]n2)C12CCC2. The van der Waals surface area contributed by atoms with Crippen molar-refractivity contribution in [2.75, 3.05) is 13.7 Å². The van der Waals surface area contributed by atoms with E-state index in [0.717, 1.165) is 31.6 Å². The van der Waals surface area contributed by atoms with E-state index >= 15 is 0 Å². The molecule has 6 heteroatoms. The summed E-state index contributed by atoms with van der Waals surface area (Å²) in [5.41, 5.74) is 1.31. The van der Waals surface area contributed by atoms with E-state index < -0.39 is 0 Å². The number of hydrogen-bond donors (Lipinski definition) is 1. The highest BCUT2D eigenvalue weighted by molar-refractivity contribution is 5.93. The Morgan fingerprint density at radius 3 is 3.00 bits per heavy atom. The molecule has 1 N–H and O–H groups in total. The standard InChI is InChI=1S/C18H23N3O3/c1-3-23-16-11-15(18(16)7-5-8-18)21(2)17(22)13-10-12(19-20-13)14-6-4-9-24-14/h4,6,9-10,15-16H,3,5,7-8,11H2,1-2H3,(H,19,20). The molecule has 24 heavy (non-hydrogen) atoms. The first kappa shape index (κ1) is 15.4. The van der Waals surface area contributed by atoms with E-state index in [9.17, 15) is 4.79 Å². The Hall–Kier alpha value is -2.08. The summed E-state index contributed by atoms with van der Waals surface area (Å²) in [6.45, 7) is 2.77. The molecule has 2 heterocycles. The van der Waals surface area contributed by atoms with Crippen molar-refractivity contribution in [2.24, 2.45) is 5.41 Å². The first-order valence-electron chi connectivity index (χ1n) is 8.64. The second-order valence-corrected chi connectivity index (χ2v) is 6.84. The smallest absolute Gasteiger partial charge is 0.274 e. The number of aromatic amines is 1. The van der Waals surface area contributed by atoms with E-state index in [1.807, 2.05) is 31.0 Å². The van der Waals surface area contributed by atoms with Gasteiger partial charge in [-0.3, -0.25) is 9.89 Å². The summed E-state index contributed by atoms with van der Waals surface area (Å²) in [6, 6.07) is 5.66. The predicted octanol–water partition coefficient (Wildman–Crippen LogP) is 3.09. The molecule has 2 unspecified atom stereocenters. The van der Waals surface area contributed by atoms with E-state index in [0.29, 0.717) is 17.6 Å². The van der Waals surface area contributed by atoms with Gasteiger partial charge >= 0.3 is 0 Å². The lowest BCUT2D eigenvalue weighted by Crippen LogP contribution is -2.67. The van der Waals surface area contributed by atoms with Crippen LogP contribution in [0.4, 0.5) is 0 Å². The van der Waals surface area contributed by atoms with Gasteiger partial charge < -0.3 is 14.1 Å². The zero-order valence-corrected chi connectivity index (χ0v) is 14.1. The van der Waals surface area contributed by atoms with Crippen LogP contribution in [-0.2, 0) is 4.74 Å². The lowest BCUT2D eigenvalue weighted by molar-refractivity contribution is -0.192. The van der Waals surface area contributed by atoms with Gasteiger partial charge in [0.15, 0.2) is 11.5 Å². The minimum atomic E-state index is -0.0460. The third-order valence-electron chi connectivity index (χ3n) is 5.77. The molecule has 2 saturated carbocycles. The fraction of sp³-hybridized carbons (Fsp3) is 0.556. The van der Waals surface area contributed by atoms with Crippen LogP contribution < -0.4 is 0 Å². The van der Waals surface area contributed by atoms with Gasteiger partial charge in [-0.15, -0.1) is 0 Å². The van der Waals surface area contributed by atoms with Gasteiger partial charge in [0.2, 0.25) is 0 Å². The van der Waals surface area contributed by atoms with Gasteiger partial charge in [0, 0.05) is 31.2 Å². The Morgan fingerprint density at radius 2 is 2.38 bits per heavy atom. The molecule has 0 aliphatic heterocycles. The number of furan rings is 1. The third kappa shape index (κ3) is 2.20. The Labute approximate surface area is 141 Å². The van der Waals surface area contributed by atoms with Gasteiger partial charge in [-0.25, -0.2) is 0 Å². The molecule has 6 nitrogen and oxygen atoms in total. The Balaban J connectivity index is 1.49. The van der Waals surface area contributed by atoms with Crippen LogP contribution in [0.5, 0.6) is 0 Å². The number of aromatic nitrogens is 2. The summed E-state index contributed by atoms with van der Waals surface area (Å²) in [5, 5.41) is 7.05. The normalized spacial score (nSPS) is 24.4. The summed E-state index contributed by atoms with van der Waals surface area (Å²) < 4.78 is 11.2. The maximum atomic E-state index is 12.8. The van der Waals surface area contributed by atoms with Crippen LogP contribution in [0.15, 0.2) is 28.9 Å². The number of ether oxygens (including phenoxy) is 1. The summed E-state index contributed by atoms with van der Waals surface area (Å²) in [4.78, 5) is 14.7. The number of H-pyrrole nitrogens is 1. The van der Waals surface area contributed by atoms with Crippen molar-refractivity contribution in [1.82, 2.24) is 15.1 Å². The lowest BCUT2D eigenvalue weighted by Gasteiger charge is -2.63. The van der Waals surface area contributed by atoms with Crippen LogP contribution in [0.1, 0.15) is 43.1 Å². The van der Waals surface area contributed by atoms with Crippen molar-refractivity contribution >= 4 is 5.91 Å². The number of carbonyl (C=O) groups excluding carboxylic acids is 1. The van der Waals surface area contributed by atoms with Crippen LogP contribution in [0.25, 0.3) is 11.5 Å². The van der Waals surface area contributed by atoms with E-state index in [4.69, 9.17) is 9.15 Å². The summed E-state index contributed by atoms with van der Waals surface area (Å²) in [5.74, 6) is 0.634. The first-order chi connectivity index (χ1) is 11.7. The number of hydrogen-bond acceptors (Lipinski definition) is 4. The monoisotopic (exact) mass is 329 g/mol. The molecule has 2 atom stereocenters. The molecule has 2 aliphatic carbocycles. The highest BCUT2D eigenvalue weighted by Gasteiger charge is 2.61. The number of amides is 1. The summed E-state index contributed by atoms with van der Waals surface area (Å²) in [7, 11) is 1.89. The molecule has 128 valence electrons. The largest absolute Gasteiger partial charge is 0.463 e.